The fourth-order valence-electron chi connectivity index (χ4n) is 2.58. The lowest BCUT2D eigenvalue weighted by Gasteiger charge is -2.19. The maximum atomic E-state index is 12.5. The van der Waals surface area contributed by atoms with Crippen molar-refractivity contribution >= 4 is 5.82 Å². The van der Waals surface area contributed by atoms with Crippen molar-refractivity contribution in [3.05, 3.63) is 35.5 Å². The molecule has 1 aliphatic heterocycles. The second kappa shape index (κ2) is 5.58. The lowest BCUT2D eigenvalue weighted by molar-refractivity contribution is -0.137. The molecule has 2 aromatic rings. The normalized spacial score (nSPS) is 16.2. The molecule has 3 heterocycles. The molecule has 0 bridgehead atoms. The number of hydrogen-bond acceptors (Lipinski definition) is 4. The molecule has 1 aliphatic rings. The van der Waals surface area contributed by atoms with E-state index in [1.807, 2.05) is 6.92 Å². The molecule has 5 nitrogen and oxygen atoms in total. The highest BCUT2D eigenvalue weighted by molar-refractivity contribution is 5.38. The Kier molecular flexibility index (Phi) is 3.76. The summed E-state index contributed by atoms with van der Waals surface area (Å²) in [5.41, 5.74) is -0.759. The molecule has 2 aromatic heterocycles. The molecule has 1 atom stereocenters. The fourth-order valence-corrected chi connectivity index (χ4v) is 2.58. The van der Waals surface area contributed by atoms with Gasteiger partial charge in [0.1, 0.15) is 11.6 Å². The van der Waals surface area contributed by atoms with E-state index >= 15 is 0 Å². The van der Waals surface area contributed by atoms with Gasteiger partial charge < -0.3 is 9.88 Å². The molecule has 0 saturated heterocycles. The van der Waals surface area contributed by atoms with Crippen molar-refractivity contribution in [3.63, 3.8) is 0 Å². The van der Waals surface area contributed by atoms with Crippen LogP contribution in [0.2, 0.25) is 0 Å². The van der Waals surface area contributed by atoms with Gasteiger partial charge in [0.05, 0.1) is 11.6 Å². The summed E-state index contributed by atoms with van der Waals surface area (Å²) in [5.74, 6) is 2.14. The molecule has 0 aromatic carbocycles. The topological polar surface area (TPSA) is 55.6 Å². The van der Waals surface area contributed by atoms with Crippen molar-refractivity contribution in [2.24, 2.45) is 0 Å². The second-order valence-electron chi connectivity index (χ2n) is 5.38. The maximum Gasteiger partial charge on any atom is 0.417 e. The largest absolute Gasteiger partial charge is 0.417 e. The van der Waals surface area contributed by atoms with Crippen LogP contribution in [0.3, 0.4) is 0 Å². The van der Waals surface area contributed by atoms with E-state index in [1.165, 1.54) is 6.07 Å². The second-order valence-corrected chi connectivity index (χ2v) is 5.38. The molecule has 22 heavy (non-hydrogen) atoms. The maximum absolute atomic E-state index is 12.5. The molecule has 0 fully saturated rings. The summed E-state index contributed by atoms with van der Waals surface area (Å²) in [6.45, 7) is 2.77. The number of nitrogens with one attached hydrogen (secondary N) is 1. The molecule has 0 radical (unpaired) electrons. The van der Waals surface area contributed by atoms with Crippen LogP contribution >= 0.6 is 0 Å². The van der Waals surface area contributed by atoms with Crippen LogP contribution in [0.4, 0.5) is 19.0 Å². The van der Waals surface area contributed by atoms with E-state index < -0.39 is 11.7 Å². The van der Waals surface area contributed by atoms with E-state index in [4.69, 9.17) is 0 Å². The van der Waals surface area contributed by atoms with Gasteiger partial charge in [-0.2, -0.15) is 13.2 Å². The number of nitrogens with zero attached hydrogens (tertiary/aromatic N) is 4. The number of aryl methyl sites for hydroxylation is 1. The van der Waals surface area contributed by atoms with Crippen LogP contribution in [0, 0.1) is 0 Å². The monoisotopic (exact) mass is 311 g/mol. The standard InChI is InChI=1S/C14H16F3N5/c1-9(13-21-20-12-4-2-3-7-22(12)13)19-11-6-5-10(8-18-11)14(15,16)17/h5-6,8-9H,2-4,7H2,1H3,(H,18,19)/t9-/m0/s1. The van der Waals surface area contributed by atoms with Crippen molar-refractivity contribution in [3.8, 4) is 0 Å². The molecular formula is C14H16F3N5. The van der Waals surface area contributed by atoms with Gasteiger partial charge in [0, 0.05) is 19.2 Å². The van der Waals surface area contributed by atoms with Crippen molar-refractivity contribution in [2.75, 3.05) is 5.32 Å². The molecular weight excluding hydrogens is 295 g/mol. The molecule has 0 spiro atoms. The van der Waals surface area contributed by atoms with Gasteiger partial charge in [-0.3, -0.25) is 0 Å². The van der Waals surface area contributed by atoms with Crippen LogP contribution in [-0.4, -0.2) is 19.7 Å². The summed E-state index contributed by atoms with van der Waals surface area (Å²) in [6.07, 6.45) is -0.431. The molecule has 0 saturated carbocycles. The predicted octanol–water partition coefficient (Wildman–Crippen LogP) is 3.20. The minimum atomic E-state index is -4.37. The van der Waals surface area contributed by atoms with E-state index in [0.29, 0.717) is 5.82 Å². The Balaban J connectivity index is 1.74. The van der Waals surface area contributed by atoms with Gasteiger partial charge in [0.15, 0.2) is 5.82 Å². The number of halogens is 3. The third kappa shape index (κ3) is 2.90. The van der Waals surface area contributed by atoms with Crippen LogP contribution in [0.5, 0.6) is 0 Å². The Morgan fingerprint density at radius 3 is 2.73 bits per heavy atom. The summed E-state index contributed by atoms with van der Waals surface area (Å²) >= 11 is 0. The lowest BCUT2D eigenvalue weighted by atomic mass is 10.1. The van der Waals surface area contributed by atoms with Crippen molar-refractivity contribution in [2.45, 2.75) is 44.9 Å². The summed E-state index contributed by atoms with van der Waals surface area (Å²) < 4.78 is 39.6. The quantitative estimate of drug-likeness (QED) is 0.946. The fraction of sp³-hybridized carbons (Fsp3) is 0.500. The average molecular weight is 311 g/mol. The smallest absolute Gasteiger partial charge is 0.360 e. The zero-order valence-electron chi connectivity index (χ0n) is 12.1. The average Bonchev–Trinajstić information content (AvgIpc) is 2.91. The number of rotatable bonds is 3. The zero-order valence-corrected chi connectivity index (χ0v) is 12.1. The van der Waals surface area contributed by atoms with Crippen LogP contribution in [0.15, 0.2) is 18.3 Å². The minimum absolute atomic E-state index is 0.177. The third-order valence-corrected chi connectivity index (χ3v) is 3.73. The number of alkyl halides is 3. The number of aromatic nitrogens is 4. The molecule has 8 heteroatoms. The minimum Gasteiger partial charge on any atom is -0.360 e. The van der Waals surface area contributed by atoms with Gasteiger partial charge in [0.2, 0.25) is 0 Å². The van der Waals surface area contributed by atoms with Crippen LogP contribution in [0.1, 0.15) is 43.0 Å². The number of pyridine rings is 1. The molecule has 0 amide bonds. The molecule has 3 rings (SSSR count). The van der Waals surface area contributed by atoms with E-state index in [1.54, 1.807) is 0 Å². The number of hydrogen-bond donors (Lipinski definition) is 1. The van der Waals surface area contributed by atoms with E-state index in [0.717, 1.165) is 49.7 Å². The van der Waals surface area contributed by atoms with Gasteiger partial charge in [-0.25, -0.2) is 4.98 Å². The first-order valence-corrected chi connectivity index (χ1v) is 7.17. The Hall–Kier alpha value is -2.12. The Morgan fingerprint density at radius 2 is 2.05 bits per heavy atom. The summed E-state index contributed by atoms with van der Waals surface area (Å²) in [4.78, 5) is 3.82. The summed E-state index contributed by atoms with van der Waals surface area (Å²) in [7, 11) is 0. The summed E-state index contributed by atoms with van der Waals surface area (Å²) in [5, 5.41) is 11.4. The molecule has 0 unspecified atom stereocenters. The van der Waals surface area contributed by atoms with Crippen LogP contribution in [0.25, 0.3) is 0 Å². The zero-order chi connectivity index (χ0) is 15.7. The highest BCUT2D eigenvalue weighted by atomic mass is 19.4. The van der Waals surface area contributed by atoms with Gasteiger partial charge in [-0.15, -0.1) is 10.2 Å². The third-order valence-electron chi connectivity index (χ3n) is 3.73. The van der Waals surface area contributed by atoms with Gasteiger partial charge in [-0.1, -0.05) is 0 Å². The highest BCUT2D eigenvalue weighted by Gasteiger charge is 2.30. The van der Waals surface area contributed by atoms with E-state index in [9.17, 15) is 13.2 Å². The molecule has 0 aliphatic carbocycles. The number of anilines is 1. The van der Waals surface area contributed by atoms with Gasteiger partial charge in [-0.05, 0) is 31.9 Å². The SMILES string of the molecule is C[C@H](Nc1ccc(C(F)(F)F)cn1)c1nnc2n1CCCC2. The van der Waals surface area contributed by atoms with E-state index in [-0.39, 0.29) is 6.04 Å². The van der Waals surface area contributed by atoms with Crippen molar-refractivity contribution < 1.29 is 13.2 Å². The predicted molar refractivity (Wildman–Crippen MR) is 74.2 cm³/mol. The summed E-state index contributed by atoms with van der Waals surface area (Å²) in [6, 6.07) is 2.16. The molecule has 1 N–H and O–H groups in total. The first-order valence-electron chi connectivity index (χ1n) is 7.17. The lowest BCUT2D eigenvalue weighted by Crippen LogP contribution is -2.18. The Morgan fingerprint density at radius 1 is 1.23 bits per heavy atom. The highest BCUT2D eigenvalue weighted by Crippen LogP contribution is 2.29. The first kappa shape index (κ1) is 14.8. The van der Waals surface area contributed by atoms with Crippen molar-refractivity contribution in [1.29, 1.82) is 0 Å². The van der Waals surface area contributed by atoms with Gasteiger partial charge >= 0.3 is 6.18 Å². The van der Waals surface area contributed by atoms with Gasteiger partial charge in [0.25, 0.3) is 0 Å². The van der Waals surface area contributed by atoms with E-state index in [2.05, 4.69) is 25.1 Å². The first-order chi connectivity index (χ1) is 10.4. The molecule has 118 valence electrons. The Labute approximate surface area is 125 Å². The van der Waals surface area contributed by atoms with Crippen LogP contribution in [-0.2, 0) is 19.1 Å². The Bertz CT molecular complexity index is 647. The van der Waals surface area contributed by atoms with Crippen molar-refractivity contribution in [1.82, 2.24) is 19.7 Å². The van der Waals surface area contributed by atoms with Crippen LogP contribution < -0.4 is 5.32 Å². The number of fused-ring (bicyclic) bond motifs is 1.